The maximum atomic E-state index is 13.7. The Morgan fingerprint density at radius 3 is 2.76 bits per heavy atom. The van der Waals surface area contributed by atoms with Crippen molar-refractivity contribution in [3.63, 3.8) is 0 Å². The van der Waals surface area contributed by atoms with Crippen molar-refractivity contribution in [1.82, 2.24) is 0 Å². The van der Waals surface area contributed by atoms with Crippen LogP contribution in [0.15, 0.2) is 18.2 Å². The van der Waals surface area contributed by atoms with Gasteiger partial charge >= 0.3 is 0 Å². The third-order valence-electron chi connectivity index (χ3n) is 2.74. The van der Waals surface area contributed by atoms with Crippen LogP contribution >= 0.6 is 0 Å². The van der Waals surface area contributed by atoms with E-state index < -0.39 is 0 Å². The van der Waals surface area contributed by atoms with Crippen molar-refractivity contribution >= 4 is 5.69 Å². The van der Waals surface area contributed by atoms with Crippen molar-refractivity contribution < 1.29 is 9.13 Å². The summed E-state index contributed by atoms with van der Waals surface area (Å²) in [5.74, 6) is -0.240. The van der Waals surface area contributed by atoms with Crippen LogP contribution in [0.25, 0.3) is 0 Å². The van der Waals surface area contributed by atoms with Crippen LogP contribution in [0.1, 0.15) is 24.9 Å². The molecule has 0 heterocycles. The van der Waals surface area contributed by atoms with Crippen LogP contribution < -0.4 is 10.6 Å². The number of hydrogen-bond donors (Lipinski definition) is 1. The highest BCUT2D eigenvalue weighted by atomic mass is 19.1. The number of nitrogens with zero attached hydrogens (tertiary/aromatic N) is 1. The van der Waals surface area contributed by atoms with Crippen LogP contribution in [-0.4, -0.2) is 27.3 Å². The largest absolute Gasteiger partial charge is 0.385 e. The molecule has 4 heteroatoms. The summed E-state index contributed by atoms with van der Waals surface area (Å²) in [5, 5.41) is 0. The number of benzene rings is 1. The Hall–Kier alpha value is -1.13. The quantitative estimate of drug-likeness (QED) is 0.775. The minimum Gasteiger partial charge on any atom is -0.385 e. The molecule has 0 aliphatic heterocycles. The smallest absolute Gasteiger partial charge is 0.130 e. The van der Waals surface area contributed by atoms with Crippen molar-refractivity contribution in [3.05, 3.63) is 29.6 Å². The summed E-state index contributed by atoms with van der Waals surface area (Å²) in [4.78, 5) is 2.01. The van der Waals surface area contributed by atoms with Gasteiger partial charge in [0, 0.05) is 44.6 Å². The summed E-state index contributed by atoms with van der Waals surface area (Å²) >= 11 is 0. The number of anilines is 1. The second kappa shape index (κ2) is 6.57. The lowest BCUT2D eigenvalue weighted by atomic mass is 10.1. The minimum atomic E-state index is -0.309. The molecule has 96 valence electrons. The van der Waals surface area contributed by atoms with Gasteiger partial charge in [0.15, 0.2) is 0 Å². The lowest BCUT2D eigenvalue weighted by Crippen LogP contribution is -2.23. The molecule has 0 bridgehead atoms. The van der Waals surface area contributed by atoms with Crippen LogP contribution in [0.2, 0.25) is 0 Å². The van der Waals surface area contributed by atoms with Gasteiger partial charge in [0.2, 0.25) is 0 Å². The second-order valence-electron chi connectivity index (χ2n) is 4.23. The Bertz CT molecular complexity index is 355. The molecular weight excluding hydrogens is 219 g/mol. The predicted molar refractivity (Wildman–Crippen MR) is 68.8 cm³/mol. The highest BCUT2D eigenvalue weighted by Gasteiger charge is 2.14. The number of hydrogen-bond acceptors (Lipinski definition) is 3. The SMILES string of the molecule is COCCCN(C)c1cccc(F)c1C(C)N. The molecule has 0 radical (unpaired) electrons. The van der Waals surface area contributed by atoms with Gasteiger partial charge in [-0.25, -0.2) is 4.39 Å². The summed E-state index contributed by atoms with van der Waals surface area (Å²) in [7, 11) is 3.62. The van der Waals surface area contributed by atoms with Gasteiger partial charge in [-0.05, 0) is 25.5 Å². The maximum Gasteiger partial charge on any atom is 0.130 e. The molecule has 1 atom stereocenters. The Labute approximate surface area is 102 Å². The van der Waals surface area contributed by atoms with Crippen LogP contribution in [0.4, 0.5) is 10.1 Å². The van der Waals surface area contributed by atoms with E-state index in [2.05, 4.69) is 0 Å². The molecule has 17 heavy (non-hydrogen) atoms. The number of nitrogens with two attached hydrogens (primary N) is 1. The third kappa shape index (κ3) is 3.68. The molecule has 0 amide bonds. The average molecular weight is 240 g/mol. The van der Waals surface area contributed by atoms with Crippen molar-refractivity contribution in [2.75, 3.05) is 32.2 Å². The molecule has 0 fully saturated rings. The molecule has 1 unspecified atom stereocenters. The summed E-state index contributed by atoms with van der Waals surface area (Å²) in [5.41, 5.74) is 7.25. The van der Waals surface area contributed by atoms with Crippen molar-refractivity contribution in [3.8, 4) is 0 Å². The summed E-state index contributed by atoms with van der Waals surface area (Å²) in [6, 6.07) is 4.75. The molecular formula is C13H21FN2O. The summed E-state index contributed by atoms with van der Waals surface area (Å²) < 4.78 is 18.7. The van der Waals surface area contributed by atoms with Gasteiger partial charge < -0.3 is 15.4 Å². The van der Waals surface area contributed by atoms with Gasteiger partial charge in [0.05, 0.1) is 0 Å². The molecule has 0 saturated heterocycles. The first-order valence-corrected chi connectivity index (χ1v) is 5.82. The minimum absolute atomic E-state index is 0.240. The number of rotatable bonds is 6. The van der Waals surface area contributed by atoms with E-state index >= 15 is 0 Å². The fourth-order valence-corrected chi connectivity index (χ4v) is 1.88. The van der Waals surface area contributed by atoms with Gasteiger partial charge in [0.1, 0.15) is 5.82 Å². The molecule has 0 aromatic heterocycles. The van der Waals surface area contributed by atoms with Gasteiger partial charge in [-0.2, -0.15) is 0 Å². The van der Waals surface area contributed by atoms with E-state index in [1.807, 2.05) is 18.0 Å². The van der Waals surface area contributed by atoms with E-state index in [4.69, 9.17) is 10.5 Å². The van der Waals surface area contributed by atoms with Gasteiger partial charge in [-0.3, -0.25) is 0 Å². The predicted octanol–water partition coefficient (Wildman–Crippen LogP) is 2.32. The van der Waals surface area contributed by atoms with E-state index in [1.165, 1.54) is 6.07 Å². The van der Waals surface area contributed by atoms with Gasteiger partial charge in [-0.1, -0.05) is 6.07 Å². The van der Waals surface area contributed by atoms with E-state index in [0.717, 1.165) is 18.7 Å². The number of halogens is 1. The first kappa shape index (κ1) is 13.9. The van der Waals surface area contributed by atoms with E-state index in [0.29, 0.717) is 12.2 Å². The molecule has 1 aromatic rings. The lowest BCUT2D eigenvalue weighted by molar-refractivity contribution is 0.196. The lowest BCUT2D eigenvalue weighted by Gasteiger charge is -2.24. The van der Waals surface area contributed by atoms with Crippen LogP contribution in [-0.2, 0) is 4.74 Å². The van der Waals surface area contributed by atoms with E-state index in [9.17, 15) is 4.39 Å². The van der Waals surface area contributed by atoms with E-state index in [-0.39, 0.29) is 11.9 Å². The normalized spacial score (nSPS) is 12.5. The molecule has 2 N–H and O–H groups in total. The molecule has 1 rings (SSSR count). The zero-order valence-corrected chi connectivity index (χ0v) is 10.7. The third-order valence-corrected chi connectivity index (χ3v) is 2.74. The van der Waals surface area contributed by atoms with Gasteiger partial charge in [-0.15, -0.1) is 0 Å². The zero-order chi connectivity index (χ0) is 12.8. The number of methoxy groups -OCH3 is 1. The fraction of sp³-hybridized carbons (Fsp3) is 0.538. The Balaban J connectivity index is 2.85. The van der Waals surface area contributed by atoms with Crippen LogP contribution in [0, 0.1) is 5.82 Å². The average Bonchev–Trinajstić information content (AvgIpc) is 2.28. The molecule has 0 aliphatic rings. The Morgan fingerprint density at radius 2 is 2.18 bits per heavy atom. The summed E-state index contributed by atoms with van der Waals surface area (Å²) in [6.07, 6.45) is 0.905. The fourth-order valence-electron chi connectivity index (χ4n) is 1.88. The molecule has 0 saturated carbocycles. The Morgan fingerprint density at radius 1 is 1.47 bits per heavy atom. The van der Waals surface area contributed by atoms with E-state index in [1.54, 1.807) is 20.1 Å². The summed E-state index contributed by atoms with van der Waals surface area (Å²) in [6.45, 7) is 3.31. The van der Waals surface area contributed by atoms with Crippen molar-refractivity contribution in [2.24, 2.45) is 5.73 Å². The molecule has 0 spiro atoms. The van der Waals surface area contributed by atoms with Crippen LogP contribution in [0.5, 0.6) is 0 Å². The molecule has 0 aliphatic carbocycles. The highest BCUT2D eigenvalue weighted by molar-refractivity contribution is 5.54. The second-order valence-corrected chi connectivity index (χ2v) is 4.23. The first-order chi connectivity index (χ1) is 8.07. The van der Waals surface area contributed by atoms with Crippen molar-refractivity contribution in [2.45, 2.75) is 19.4 Å². The molecule has 1 aromatic carbocycles. The first-order valence-electron chi connectivity index (χ1n) is 5.82. The zero-order valence-electron chi connectivity index (χ0n) is 10.7. The topological polar surface area (TPSA) is 38.5 Å². The van der Waals surface area contributed by atoms with Gasteiger partial charge in [0.25, 0.3) is 0 Å². The Kier molecular flexibility index (Phi) is 5.38. The highest BCUT2D eigenvalue weighted by Crippen LogP contribution is 2.27. The van der Waals surface area contributed by atoms with Crippen molar-refractivity contribution in [1.29, 1.82) is 0 Å². The molecule has 3 nitrogen and oxygen atoms in total. The monoisotopic (exact) mass is 240 g/mol. The standard InChI is InChI=1S/C13H21FN2O/c1-10(15)13-11(14)6-4-7-12(13)16(2)8-5-9-17-3/h4,6-7,10H,5,8-9,15H2,1-3H3. The van der Waals surface area contributed by atoms with Crippen LogP contribution in [0.3, 0.4) is 0 Å². The number of ether oxygens (including phenoxy) is 1. The maximum absolute atomic E-state index is 13.7.